The number of rotatable bonds is 2. The lowest BCUT2D eigenvalue weighted by Gasteiger charge is -2.22. The number of aryl methyl sites for hydroxylation is 1. The van der Waals surface area contributed by atoms with Crippen LogP contribution in [0.25, 0.3) is 11.8 Å². The van der Waals surface area contributed by atoms with Gasteiger partial charge in [0.25, 0.3) is 5.82 Å². The van der Waals surface area contributed by atoms with Gasteiger partial charge in [0.05, 0.1) is 0 Å². The van der Waals surface area contributed by atoms with Crippen LogP contribution >= 0.6 is 0 Å². The number of hydrogen-bond acceptors (Lipinski definition) is 0. The van der Waals surface area contributed by atoms with Gasteiger partial charge in [0.2, 0.25) is 0 Å². The Morgan fingerprint density at radius 3 is 2.25 bits per heavy atom. The van der Waals surface area contributed by atoms with E-state index in [1.807, 2.05) is 0 Å². The average molecular weight is 315 g/mol. The van der Waals surface area contributed by atoms with Crippen LogP contribution in [0.15, 0.2) is 60.7 Å². The Morgan fingerprint density at radius 2 is 1.54 bits per heavy atom. The van der Waals surface area contributed by atoms with Crippen molar-refractivity contribution < 1.29 is 4.57 Å². The number of benzene rings is 2. The standard InChI is InChI=1S/C22H23N2/c1-16-10-8-9-13-20(16)23-17(2)21-14-15-22(4,24(21)18(23)3)19-11-6-5-7-12-19/h5-15H,1-4H3/q+1. The smallest absolute Gasteiger partial charge is 0.214 e. The summed E-state index contributed by atoms with van der Waals surface area (Å²) in [5.41, 5.74) is 6.32. The van der Waals surface area contributed by atoms with Gasteiger partial charge in [0.15, 0.2) is 16.9 Å². The predicted octanol–water partition coefficient (Wildman–Crippen LogP) is 4.48. The molecule has 0 saturated heterocycles. The summed E-state index contributed by atoms with van der Waals surface area (Å²) in [7, 11) is 0. The van der Waals surface area contributed by atoms with Crippen LogP contribution in [0.4, 0.5) is 0 Å². The summed E-state index contributed by atoms with van der Waals surface area (Å²) < 4.78 is 4.85. The zero-order chi connectivity index (χ0) is 16.9. The van der Waals surface area contributed by atoms with Crippen LogP contribution in [0, 0.1) is 20.8 Å². The van der Waals surface area contributed by atoms with Crippen molar-refractivity contribution in [2.75, 3.05) is 0 Å². The molecule has 0 bridgehead atoms. The van der Waals surface area contributed by atoms with Crippen molar-refractivity contribution >= 4 is 6.08 Å². The molecular weight excluding hydrogens is 292 g/mol. The van der Waals surface area contributed by atoms with Gasteiger partial charge in [-0.3, -0.25) is 0 Å². The van der Waals surface area contributed by atoms with Crippen molar-refractivity contribution in [2.45, 2.75) is 33.2 Å². The molecule has 0 radical (unpaired) electrons. The van der Waals surface area contributed by atoms with E-state index in [9.17, 15) is 0 Å². The fourth-order valence-electron chi connectivity index (χ4n) is 4.06. The van der Waals surface area contributed by atoms with E-state index in [0.717, 1.165) is 0 Å². The molecule has 1 aliphatic rings. The minimum atomic E-state index is -0.140. The third-order valence-electron chi connectivity index (χ3n) is 5.34. The zero-order valence-corrected chi connectivity index (χ0v) is 14.7. The van der Waals surface area contributed by atoms with E-state index >= 15 is 0 Å². The highest BCUT2D eigenvalue weighted by Crippen LogP contribution is 2.32. The minimum absolute atomic E-state index is 0.140. The largest absolute Gasteiger partial charge is 0.260 e. The average Bonchev–Trinajstić information content (AvgIpc) is 3.07. The molecule has 1 aliphatic heterocycles. The van der Waals surface area contributed by atoms with Gasteiger partial charge in [-0.15, -0.1) is 0 Å². The summed E-state index contributed by atoms with van der Waals surface area (Å²) in [5, 5.41) is 0. The minimum Gasteiger partial charge on any atom is -0.214 e. The Balaban J connectivity index is 1.98. The number of para-hydroxylation sites is 1. The third kappa shape index (κ3) is 1.92. The molecule has 0 saturated carbocycles. The van der Waals surface area contributed by atoms with Gasteiger partial charge in [-0.2, -0.15) is 4.57 Å². The number of imidazole rings is 1. The SMILES string of the molecule is Cc1ccccc1-n1c(C)c2[n+](c1C)C(C)(c1ccccc1)C=C2. The first-order valence-corrected chi connectivity index (χ1v) is 8.49. The zero-order valence-electron chi connectivity index (χ0n) is 14.7. The highest BCUT2D eigenvalue weighted by molar-refractivity contribution is 5.54. The molecule has 0 N–H and O–H groups in total. The second kappa shape index (κ2) is 5.20. The molecule has 1 unspecified atom stereocenters. The van der Waals surface area contributed by atoms with Crippen molar-refractivity contribution in [3.05, 3.63) is 89.0 Å². The Kier molecular flexibility index (Phi) is 3.24. The van der Waals surface area contributed by atoms with E-state index in [1.54, 1.807) is 0 Å². The van der Waals surface area contributed by atoms with Crippen LogP contribution in [0.2, 0.25) is 0 Å². The Bertz CT molecular complexity index is 948. The lowest BCUT2D eigenvalue weighted by Crippen LogP contribution is -2.54. The third-order valence-corrected chi connectivity index (χ3v) is 5.34. The van der Waals surface area contributed by atoms with Gasteiger partial charge in [0.1, 0.15) is 5.69 Å². The quantitative estimate of drug-likeness (QED) is 0.617. The van der Waals surface area contributed by atoms with Crippen LogP contribution < -0.4 is 4.57 Å². The molecule has 120 valence electrons. The molecule has 3 aromatic rings. The number of hydrogen-bond donors (Lipinski definition) is 0. The second-order valence-corrected chi connectivity index (χ2v) is 6.82. The van der Waals surface area contributed by atoms with Gasteiger partial charge in [-0.05, 0) is 37.6 Å². The van der Waals surface area contributed by atoms with Crippen molar-refractivity contribution in [2.24, 2.45) is 0 Å². The van der Waals surface area contributed by atoms with Crippen molar-refractivity contribution in [1.82, 2.24) is 4.57 Å². The summed E-state index contributed by atoms with van der Waals surface area (Å²) in [6.45, 7) is 8.91. The number of allylic oxidation sites excluding steroid dienone is 1. The molecule has 0 aliphatic carbocycles. The van der Waals surface area contributed by atoms with E-state index in [-0.39, 0.29) is 5.54 Å². The normalized spacial score (nSPS) is 18.8. The summed E-state index contributed by atoms with van der Waals surface area (Å²) in [5.74, 6) is 1.26. The van der Waals surface area contributed by atoms with Crippen LogP contribution in [-0.4, -0.2) is 4.57 Å². The molecule has 2 heterocycles. The molecule has 1 aromatic heterocycles. The van der Waals surface area contributed by atoms with Crippen LogP contribution in [0.3, 0.4) is 0 Å². The molecule has 0 spiro atoms. The van der Waals surface area contributed by atoms with Crippen molar-refractivity contribution in [3.63, 3.8) is 0 Å². The Labute approximate surface area is 143 Å². The lowest BCUT2D eigenvalue weighted by molar-refractivity contribution is -0.740. The maximum absolute atomic E-state index is 2.46. The molecule has 0 amide bonds. The van der Waals surface area contributed by atoms with Gasteiger partial charge in [-0.1, -0.05) is 48.5 Å². The predicted molar refractivity (Wildman–Crippen MR) is 98.4 cm³/mol. The van der Waals surface area contributed by atoms with Crippen molar-refractivity contribution in [3.8, 4) is 5.69 Å². The first-order valence-electron chi connectivity index (χ1n) is 8.49. The van der Waals surface area contributed by atoms with E-state index in [0.29, 0.717) is 0 Å². The highest BCUT2D eigenvalue weighted by Gasteiger charge is 2.42. The summed E-state index contributed by atoms with van der Waals surface area (Å²) in [6.07, 6.45) is 4.59. The van der Waals surface area contributed by atoms with Crippen molar-refractivity contribution in [1.29, 1.82) is 0 Å². The molecule has 0 fully saturated rings. The summed E-state index contributed by atoms with van der Waals surface area (Å²) >= 11 is 0. The van der Waals surface area contributed by atoms with Gasteiger partial charge >= 0.3 is 0 Å². The molecule has 1 atom stereocenters. The van der Waals surface area contributed by atoms with Gasteiger partial charge in [0, 0.05) is 19.4 Å². The molecule has 2 aromatic carbocycles. The summed E-state index contributed by atoms with van der Waals surface area (Å²) in [6, 6.07) is 19.3. The van der Waals surface area contributed by atoms with Crippen LogP contribution in [0.1, 0.15) is 35.3 Å². The maximum Gasteiger partial charge on any atom is 0.260 e. The second-order valence-electron chi connectivity index (χ2n) is 6.82. The Hall–Kier alpha value is -2.61. The highest BCUT2D eigenvalue weighted by atomic mass is 15.2. The molecule has 4 rings (SSSR count). The number of aromatic nitrogens is 2. The van der Waals surface area contributed by atoms with Crippen LogP contribution in [0.5, 0.6) is 0 Å². The molecule has 2 nitrogen and oxygen atoms in total. The summed E-state index contributed by atoms with van der Waals surface area (Å²) in [4.78, 5) is 0. The van der Waals surface area contributed by atoms with Crippen LogP contribution in [-0.2, 0) is 5.54 Å². The molecule has 24 heavy (non-hydrogen) atoms. The lowest BCUT2D eigenvalue weighted by atomic mass is 9.92. The van der Waals surface area contributed by atoms with E-state index < -0.39 is 0 Å². The number of nitrogens with zero attached hydrogens (tertiary/aromatic N) is 2. The maximum atomic E-state index is 2.46. The van der Waals surface area contributed by atoms with E-state index in [2.05, 4.69) is 104 Å². The van der Waals surface area contributed by atoms with E-state index in [1.165, 1.54) is 34.0 Å². The Morgan fingerprint density at radius 1 is 0.875 bits per heavy atom. The first kappa shape index (κ1) is 14.9. The van der Waals surface area contributed by atoms with Gasteiger partial charge in [-0.25, -0.2) is 4.57 Å². The first-order chi connectivity index (χ1) is 11.5. The molecular formula is C22H23N2+. The number of fused-ring (bicyclic) bond motifs is 1. The van der Waals surface area contributed by atoms with Gasteiger partial charge < -0.3 is 0 Å². The fraction of sp³-hybridized carbons (Fsp3) is 0.227. The monoisotopic (exact) mass is 315 g/mol. The molecule has 2 heteroatoms. The fourth-order valence-corrected chi connectivity index (χ4v) is 4.06. The topological polar surface area (TPSA) is 8.81 Å². The van der Waals surface area contributed by atoms with E-state index in [4.69, 9.17) is 0 Å².